The second kappa shape index (κ2) is 7.05. The number of ether oxygens (including phenoxy) is 1. The van der Waals surface area contributed by atoms with Crippen molar-refractivity contribution in [1.82, 2.24) is 19.4 Å². The van der Waals surface area contributed by atoms with Gasteiger partial charge in [-0.3, -0.25) is 9.80 Å². The minimum atomic E-state index is 0.845. The van der Waals surface area contributed by atoms with Crippen LogP contribution in [0.25, 0.3) is 0 Å². The zero-order valence-corrected chi connectivity index (χ0v) is 14.4. The van der Waals surface area contributed by atoms with E-state index in [1.54, 1.807) is 0 Å². The first-order chi connectivity index (χ1) is 11.8. The van der Waals surface area contributed by atoms with E-state index in [-0.39, 0.29) is 0 Å². The first-order valence-electron chi connectivity index (χ1n) is 8.89. The molecular weight excluding hydrogens is 300 g/mol. The first kappa shape index (κ1) is 15.8. The van der Waals surface area contributed by atoms with Gasteiger partial charge in [-0.05, 0) is 12.5 Å². The maximum Gasteiger partial charge on any atom is 0.123 e. The van der Waals surface area contributed by atoms with Crippen molar-refractivity contribution in [3.05, 3.63) is 53.1 Å². The third-order valence-electron chi connectivity index (χ3n) is 4.91. The van der Waals surface area contributed by atoms with E-state index in [1.165, 1.54) is 22.6 Å². The van der Waals surface area contributed by atoms with Gasteiger partial charge in [-0.15, -0.1) is 0 Å². The second-order valence-corrected chi connectivity index (χ2v) is 6.93. The Hall–Kier alpha value is -1.69. The molecule has 5 nitrogen and oxygen atoms in total. The Balaban J connectivity index is 1.39. The van der Waals surface area contributed by atoms with Gasteiger partial charge >= 0.3 is 0 Å². The van der Waals surface area contributed by atoms with Crippen LogP contribution in [0.5, 0.6) is 0 Å². The van der Waals surface area contributed by atoms with Crippen molar-refractivity contribution in [2.24, 2.45) is 0 Å². The van der Waals surface area contributed by atoms with Crippen LogP contribution in [0.2, 0.25) is 0 Å². The Morgan fingerprint density at radius 3 is 2.75 bits per heavy atom. The highest BCUT2D eigenvalue weighted by molar-refractivity contribution is 5.22. The molecule has 0 N–H and O–H groups in total. The number of rotatable bonds is 4. The lowest BCUT2D eigenvalue weighted by Crippen LogP contribution is -2.35. The fraction of sp³-hybridized carbons (Fsp3) is 0.526. The molecule has 0 bridgehead atoms. The van der Waals surface area contributed by atoms with Crippen molar-refractivity contribution < 1.29 is 4.74 Å². The van der Waals surface area contributed by atoms with Crippen LogP contribution in [0.3, 0.4) is 0 Å². The maximum absolute atomic E-state index is 5.42. The van der Waals surface area contributed by atoms with Crippen LogP contribution in [0.15, 0.2) is 30.5 Å². The molecule has 2 aliphatic rings. The van der Waals surface area contributed by atoms with Crippen LogP contribution in [0.4, 0.5) is 0 Å². The monoisotopic (exact) mass is 326 g/mol. The molecular formula is C19H26N4O. The maximum atomic E-state index is 5.42. The molecule has 24 heavy (non-hydrogen) atoms. The van der Waals surface area contributed by atoms with Crippen molar-refractivity contribution in [2.75, 3.05) is 32.8 Å². The number of hydrogen-bond acceptors (Lipinski definition) is 4. The van der Waals surface area contributed by atoms with E-state index >= 15 is 0 Å². The number of hydrogen-bond donors (Lipinski definition) is 0. The third kappa shape index (κ3) is 3.69. The lowest BCUT2D eigenvalue weighted by molar-refractivity contribution is 0.0337. The number of fused-ring (bicyclic) bond motifs is 1. The van der Waals surface area contributed by atoms with E-state index in [4.69, 9.17) is 9.72 Å². The molecule has 0 saturated carbocycles. The van der Waals surface area contributed by atoms with Crippen molar-refractivity contribution in [1.29, 1.82) is 0 Å². The Morgan fingerprint density at radius 1 is 1.04 bits per heavy atom. The number of nitrogens with zero attached hydrogens (tertiary/aromatic N) is 4. The van der Waals surface area contributed by atoms with Crippen LogP contribution in [0, 0.1) is 6.92 Å². The van der Waals surface area contributed by atoms with Gasteiger partial charge in [0.1, 0.15) is 5.82 Å². The lowest BCUT2D eigenvalue weighted by atomic mass is 10.1. The van der Waals surface area contributed by atoms with Gasteiger partial charge < -0.3 is 9.30 Å². The van der Waals surface area contributed by atoms with Gasteiger partial charge in [0.15, 0.2) is 0 Å². The van der Waals surface area contributed by atoms with E-state index in [2.05, 4.69) is 51.8 Å². The van der Waals surface area contributed by atoms with E-state index in [9.17, 15) is 0 Å². The third-order valence-corrected chi connectivity index (χ3v) is 4.91. The summed E-state index contributed by atoms with van der Waals surface area (Å²) in [5.74, 6) is 1.21. The van der Waals surface area contributed by atoms with E-state index in [0.717, 1.165) is 59.0 Å². The molecule has 1 aromatic heterocycles. The van der Waals surface area contributed by atoms with E-state index in [0.29, 0.717) is 0 Å². The van der Waals surface area contributed by atoms with Gasteiger partial charge in [0.05, 0.1) is 25.5 Å². The average molecular weight is 326 g/mol. The molecule has 0 spiro atoms. The highest BCUT2D eigenvalue weighted by atomic mass is 16.5. The van der Waals surface area contributed by atoms with Crippen molar-refractivity contribution >= 4 is 0 Å². The molecule has 5 heteroatoms. The Kier molecular flexibility index (Phi) is 4.65. The zero-order valence-electron chi connectivity index (χ0n) is 14.4. The van der Waals surface area contributed by atoms with E-state index in [1.807, 2.05) is 0 Å². The molecule has 1 fully saturated rings. The topological polar surface area (TPSA) is 33.5 Å². The lowest BCUT2D eigenvalue weighted by Gasteiger charge is -2.27. The molecule has 0 atom stereocenters. The Bertz CT molecular complexity index is 690. The molecule has 3 heterocycles. The van der Waals surface area contributed by atoms with Gasteiger partial charge in [-0.25, -0.2) is 4.98 Å². The first-order valence-corrected chi connectivity index (χ1v) is 8.89. The molecule has 0 unspecified atom stereocenters. The Labute approximate surface area is 143 Å². The Morgan fingerprint density at radius 2 is 1.92 bits per heavy atom. The van der Waals surface area contributed by atoms with Crippen LogP contribution >= 0.6 is 0 Å². The van der Waals surface area contributed by atoms with Crippen molar-refractivity contribution in [2.45, 2.75) is 33.1 Å². The number of aromatic nitrogens is 2. The highest BCUT2D eigenvalue weighted by Gasteiger charge is 2.20. The second-order valence-electron chi connectivity index (χ2n) is 6.93. The van der Waals surface area contributed by atoms with E-state index < -0.39 is 0 Å². The van der Waals surface area contributed by atoms with Gasteiger partial charge in [0, 0.05) is 45.5 Å². The van der Waals surface area contributed by atoms with Gasteiger partial charge in [-0.1, -0.05) is 29.8 Å². The fourth-order valence-corrected chi connectivity index (χ4v) is 3.63. The molecule has 0 radical (unpaired) electrons. The summed E-state index contributed by atoms with van der Waals surface area (Å²) in [7, 11) is 0. The highest BCUT2D eigenvalue weighted by Crippen LogP contribution is 2.17. The summed E-state index contributed by atoms with van der Waals surface area (Å²) >= 11 is 0. The summed E-state index contributed by atoms with van der Waals surface area (Å²) in [6, 6.07) is 8.81. The molecule has 0 aliphatic carbocycles. The van der Waals surface area contributed by atoms with Gasteiger partial charge in [-0.2, -0.15) is 0 Å². The quantitative estimate of drug-likeness (QED) is 0.861. The summed E-state index contributed by atoms with van der Waals surface area (Å²) < 4.78 is 7.76. The predicted molar refractivity (Wildman–Crippen MR) is 93.6 cm³/mol. The van der Waals surface area contributed by atoms with Crippen LogP contribution in [-0.4, -0.2) is 52.2 Å². The van der Waals surface area contributed by atoms with Crippen LogP contribution in [-0.2, 0) is 30.9 Å². The molecule has 1 saturated heterocycles. The van der Waals surface area contributed by atoms with Crippen molar-refractivity contribution in [3.63, 3.8) is 0 Å². The van der Waals surface area contributed by atoms with Crippen LogP contribution < -0.4 is 0 Å². The number of benzene rings is 1. The molecule has 2 aliphatic heterocycles. The van der Waals surface area contributed by atoms with Crippen LogP contribution in [0.1, 0.15) is 22.6 Å². The summed E-state index contributed by atoms with van der Waals surface area (Å²) in [6.45, 7) is 10.9. The average Bonchev–Trinajstić information content (AvgIpc) is 2.97. The number of aryl methyl sites for hydroxylation is 1. The summed E-state index contributed by atoms with van der Waals surface area (Å²) in [5.41, 5.74) is 3.92. The normalized spacial score (nSPS) is 19.4. The molecule has 4 rings (SSSR count). The standard InChI is InChI=1S/C19H26N4O/c1-16-3-2-4-17(11-16)12-22-5-6-23-14-18(20-19(23)15-22)13-21-7-9-24-10-8-21/h2-4,11,14H,5-10,12-13,15H2,1H3. The number of imidazole rings is 1. The molecule has 128 valence electrons. The predicted octanol–water partition coefficient (Wildman–Crippen LogP) is 2.04. The smallest absolute Gasteiger partial charge is 0.123 e. The minimum absolute atomic E-state index is 0.845. The summed E-state index contributed by atoms with van der Waals surface area (Å²) in [6.07, 6.45) is 2.24. The van der Waals surface area contributed by atoms with Gasteiger partial charge in [0.2, 0.25) is 0 Å². The number of morpholine rings is 1. The SMILES string of the molecule is Cc1cccc(CN2CCn3cc(CN4CCOCC4)nc3C2)c1. The zero-order chi connectivity index (χ0) is 16.4. The summed E-state index contributed by atoms with van der Waals surface area (Å²) in [5, 5.41) is 0. The molecule has 1 aromatic carbocycles. The largest absolute Gasteiger partial charge is 0.379 e. The molecule has 2 aromatic rings. The fourth-order valence-electron chi connectivity index (χ4n) is 3.63. The minimum Gasteiger partial charge on any atom is -0.379 e. The summed E-state index contributed by atoms with van der Waals surface area (Å²) in [4.78, 5) is 9.82. The van der Waals surface area contributed by atoms with Crippen molar-refractivity contribution in [3.8, 4) is 0 Å². The van der Waals surface area contributed by atoms with Gasteiger partial charge in [0.25, 0.3) is 0 Å². The molecule has 0 amide bonds.